The van der Waals surface area contributed by atoms with E-state index in [0.29, 0.717) is 5.41 Å². The third-order valence-corrected chi connectivity index (χ3v) is 8.19. The van der Waals surface area contributed by atoms with Crippen LogP contribution in [-0.4, -0.2) is 0 Å². The van der Waals surface area contributed by atoms with E-state index in [4.69, 9.17) is 0 Å². The highest BCUT2D eigenvalue weighted by Gasteiger charge is 2.53. The highest BCUT2D eigenvalue weighted by atomic mass is 14.6. The summed E-state index contributed by atoms with van der Waals surface area (Å²) in [5, 5.41) is 0. The number of fused-ring (bicyclic) bond motifs is 2. The van der Waals surface area contributed by atoms with Gasteiger partial charge >= 0.3 is 0 Å². The van der Waals surface area contributed by atoms with Gasteiger partial charge in [-0.25, -0.2) is 0 Å². The van der Waals surface area contributed by atoms with Crippen molar-refractivity contribution in [3.63, 3.8) is 0 Å². The van der Waals surface area contributed by atoms with Gasteiger partial charge in [0.05, 0.1) is 0 Å². The van der Waals surface area contributed by atoms with Crippen molar-refractivity contribution in [1.82, 2.24) is 0 Å². The average Bonchev–Trinajstić information content (AvgIpc) is 2.45. The van der Waals surface area contributed by atoms with Crippen LogP contribution in [0.2, 0.25) is 0 Å². The van der Waals surface area contributed by atoms with E-state index in [1.165, 1.54) is 32.1 Å². The summed E-state index contributed by atoms with van der Waals surface area (Å²) in [5.74, 6) is 6.60. The first-order valence-electron chi connectivity index (χ1n) is 9.66. The van der Waals surface area contributed by atoms with E-state index < -0.39 is 0 Å². The number of hydrogen-bond acceptors (Lipinski definition) is 0. The smallest absolute Gasteiger partial charge is 0.0292 e. The molecule has 4 rings (SSSR count). The monoisotopic (exact) mass is 274 g/mol. The molecular weight excluding hydrogens is 240 g/mol. The van der Waals surface area contributed by atoms with Crippen molar-refractivity contribution in [3.8, 4) is 0 Å². The Morgan fingerprint density at radius 3 is 2.20 bits per heavy atom. The molecule has 4 aliphatic carbocycles. The summed E-state index contributed by atoms with van der Waals surface area (Å²) in [7, 11) is 0. The van der Waals surface area contributed by atoms with E-state index >= 15 is 0 Å². The molecule has 0 aliphatic heterocycles. The number of rotatable bonds is 2. The minimum Gasteiger partial charge on any atom is -0.0594 e. The van der Waals surface area contributed by atoms with Crippen molar-refractivity contribution in [1.29, 1.82) is 0 Å². The van der Waals surface area contributed by atoms with Crippen molar-refractivity contribution < 1.29 is 0 Å². The van der Waals surface area contributed by atoms with Crippen LogP contribution in [0.25, 0.3) is 0 Å². The molecule has 20 heavy (non-hydrogen) atoms. The molecule has 0 spiro atoms. The Bertz CT molecular complexity index is 345. The van der Waals surface area contributed by atoms with Gasteiger partial charge in [0.15, 0.2) is 0 Å². The molecule has 0 heteroatoms. The molecule has 4 saturated carbocycles. The first-order valence-corrected chi connectivity index (χ1v) is 9.66. The lowest BCUT2D eigenvalue weighted by molar-refractivity contribution is -0.105. The van der Waals surface area contributed by atoms with Gasteiger partial charge in [-0.2, -0.15) is 0 Å². The molecule has 3 bridgehead atoms. The molecule has 0 aromatic carbocycles. The summed E-state index contributed by atoms with van der Waals surface area (Å²) < 4.78 is 0. The predicted molar refractivity (Wildman–Crippen MR) is 85.5 cm³/mol. The van der Waals surface area contributed by atoms with Crippen LogP contribution in [0.15, 0.2) is 0 Å². The Hall–Kier alpha value is 0. The number of hydrogen-bond donors (Lipinski definition) is 0. The van der Waals surface area contributed by atoms with Crippen molar-refractivity contribution in [2.24, 2.45) is 40.9 Å². The van der Waals surface area contributed by atoms with Crippen LogP contribution in [0.1, 0.15) is 84.5 Å². The molecule has 5 atom stereocenters. The minimum atomic E-state index is 0.636. The zero-order chi connectivity index (χ0) is 13.7. The Morgan fingerprint density at radius 2 is 1.40 bits per heavy atom. The van der Waals surface area contributed by atoms with Crippen LogP contribution in [-0.2, 0) is 0 Å². The second-order valence-electron chi connectivity index (χ2n) is 9.36. The molecule has 0 saturated heterocycles. The second kappa shape index (κ2) is 5.03. The van der Waals surface area contributed by atoms with Crippen molar-refractivity contribution in [2.75, 3.05) is 0 Å². The summed E-state index contributed by atoms with van der Waals surface area (Å²) in [6.07, 6.45) is 17.2. The van der Waals surface area contributed by atoms with Gasteiger partial charge in [-0.1, -0.05) is 39.5 Å². The molecule has 0 heterocycles. The van der Waals surface area contributed by atoms with Crippen LogP contribution in [0.3, 0.4) is 0 Å². The van der Waals surface area contributed by atoms with E-state index in [-0.39, 0.29) is 0 Å². The normalized spacial score (nSPS) is 45.6. The van der Waals surface area contributed by atoms with Gasteiger partial charge < -0.3 is 0 Å². The molecule has 0 radical (unpaired) electrons. The lowest BCUT2D eigenvalue weighted by atomic mass is 9.45. The maximum absolute atomic E-state index is 2.68. The van der Waals surface area contributed by atoms with Crippen molar-refractivity contribution in [3.05, 3.63) is 0 Å². The highest BCUT2D eigenvalue weighted by Crippen LogP contribution is 2.62. The van der Waals surface area contributed by atoms with E-state index in [9.17, 15) is 0 Å². The van der Waals surface area contributed by atoms with Gasteiger partial charge in [-0.3, -0.25) is 0 Å². The van der Waals surface area contributed by atoms with Gasteiger partial charge in [0.25, 0.3) is 0 Å². The molecule has 0 aromatic rings. The Labute approximate surface area is 126 Å². The van der Waals surface area contributed by atoms with Crippen molar-refractivity contribution >= 4 is 0 Å². The van der Waals surface area contributed by atoms with Crippen LogP contribution < -0.4 is 0 Å². The highest BCUT2D eigenvalue weighted by molar-refractivity contribution is 5.03. The Kier molecular flexibility index (Phi) is 3.43. The average molecular weight is 274 g/mol. The first kappa shape index (κ1) is 13.6. The third-order valence-electron chi connectivity index (χ3n) is 8.19. The standard InChI is InChI=1S/C20H34/c1-20(2,17-6-4-3-5-7-17)19-16-11-10-15-9-8-14(12-16)13-18(15)19/h14-19H,3-13H2,1-2H3. The Balaban J connectivity index is 1.60. The molecule has 4 aliphatic rings. The van der Waals surface area contributed by atoms with Crippen molar-refractivity contribution in [2.45, 2.75) is 84.5 Å². The van der Waals surface area contributed by atoms with Gasteiger partial charge in [0.1, 0.15) is 0 Å². The lowest BCUT2D eigenvalue weighted by Crippen LogP contribution is -2.52. The molecule has 0 nitrogen and oxygen atoms in total. The van der Waals surface area contributed by atoms with Gasteiger partial charge in [-0.15, -0.1) is 0 Å². The van der Waals surface area contributed by atoms with Gasteiger partial charge in [0, 0.05) is 0 Å². The van der Waals surface area contributed by atoms with E-state index in [0.717, 1.165) is 35.5 Å². The topological polar surface area (TPSA) is 0 Å². The third kappa shape index (κ3) is 2.08. The zero-order valence-corrected chi connectivity index (χ0v) is 13.7. The fourth-order valence-electron chi connectivity index (χ4n) is 7.30. The summed E-state index contributed by atoms with van der Waals surface area (Å²) in [4.78, 5) is 0. The van der Waals surface area contributed by atoms with Crippen LogP contribution >= 0.6 is 0 Å². The molecule has 5 unspecified atom stereocenters. The second-order valence-corrected chi connectivity index (χ2v) is 9.36. The fourth-order valence-corrected chi connectivity index (χ4v) is 7.30. The van der Waals surface area contributed by atoms with Gasteiger partial charge in [0.2, 0.25) is 0 Å². The lowest BCUT2D eigenvalue weighted by Gasteiger charge is -2.60. The van der Waals surface area contributed by atoms with Crippen LogP contribution in [0.4, 0.5) is 0 Å². The molecule has 114 valence electrons. The molecule has 4 fully saturated rings. The quantitative estimate of drug-likeness (QED) is 0.574. The van der Waals surface area contributed by atoms with E-state index in [1.54, 1.807) is 38.5 Å². The molecule has 0 aromatic heterocycles. The Morgan fingerprint density at radius 1 is 0.700 bits per heavy atom. The minimum absolute atomic E-state index is 0.636. The zero-order valence-electron chi connectivity index (χ0n) is 13.7. The predicted octanol–water partition coefficient (Wildman–Crippen LogP) is 6.06. The van der Waals surface area contributed by atoms with E-state index in [2.05, 4.69) is 13.8 Å². The maximum atomic E-state index is 2.68. The summed E-state index contributed by atoms with van der Waals surface area (Å²) in [6, 6.07) is 0. The molecule has 0 amide bonds. The molecule has 0 N–H and O–H groups in total. The largest absolute Gasteiger partial charge is 0.0594 e. The van der Waals surface area contributed by atoms with E-state index in [1.807, 2.05) is 0 Å². The van der Waals surface area contributed by atoms with Gasteiger partial charge in [-0.05, 0) is 85.9 Å². The SMILES string of the molecule is CC(C)(C1CCCCC1)C1C2CCC3CCC(C2)CC31. The summed E-state index contributed by atoms with van der Waals surface area (Å²) >= 11 is 0. The molecular formula is C20H34. The summed E-state index contributed by atoms with van der Waals surface area (Å²) in [5.41, 5.74) is 0.636. The fraction of sp³-hybridized carbons (Fsp3) is 1.00. The van der Waals surface area contributed by atoms with Crippen LogP contribution in [0, 0.1) is 40.9 Å². The first-order chi connectivity index (χ1) is 9.66. The maximum Gasteiger partial charge on any atom is -0.0292 e. The summed E-state index contributed by atoms with van der Waals surface area (Å²) in [6.45, 7) is 5.36. The van der Waals surface area contributed by atoms with Crippen LogP contribution in [0.5, 0.6) is 0 Å².